The summed E-state index contributed by atoms with van der Waals surface area (Å²) in [6.45, 7) is 1.65. The highest BCUT2D eigenvalue weighted by Gasteiger charge is 2.08. The Bertz CT molecular complexity index is 312. The van der Waals surface area contributed by atoms with E-state index in [0.717, 1.165) is 10.2 Å². The van der Waals surface area contributed by atoms with Gasteiger partial charge >= 0.3 is 0 Å². The van der Waals surface area contributed by atoms with Crippen LogP contribution in [0.25, 0.3) is 0 Å². The van der Waals surface area contributed by atoms with Crippen molar-refractivity contribution < 1.29 is 4.79 Å². The average molecular weight is 243 g/mol. The van der Waals surface area contributed by atoms with Crippen molar-refractivity contribution in [2.24, 2.45) is 5.73 Å². The topological polar surface area (TPSA) is 55.1 Å². The second kappa shape index (κ2) is 4.39. The summed E-state index contributed by atoms with van der Waals surface area (Å²) < 4.78 is 0.851. The summed E-state index contributed by atoms with van der Waals surface area (Å²) >= 11 is 3.32. The Labute approximate surface area is 85.4 Å². The number of carbonyl (C=O) groups excluding carboxylic acids is 1. The zero-order valence-corrected chi connectivity index (χ0v) is 8.84. The minimum atomic E-state index is -0.493. The Morgan fingerprint density at radius 2 is 2.15 bits per heavy atom. The molecule has 1 aromatic carbocycles. The summed E-state index contributed by atoms with van der Waals surface area (Å²) in [6.07, 6.45) is 0. The van der Waals surface area contributed by atoms with Crippen LogP contribution in [0, 0.1) is 0 Å². The first-order chi connectivity index (χ1) is 6.11. The van der Waals surface area contributed by atoms with E-state index < -0.39 is 6.04 Å². The highest BCUT2D eigenvalue weighted by Crippen LogP contribution is 2.20. The minimum absolute atomic E-state index is 0.188. The summed E-state index contributed by atoms with van der Waals surface area (Å²) in [5.74, 6) is -0.188. The van der Waals surface area contributed by atoms with Gasteiger partial charge in [0.1, 0.15) is 0 Å². The molecule has 0 fully saturated rings. The molecule has 1 aromatic rings. The van der Waals surface area contributed by atoms with E-state index in [-0.39, 0.29) is 5.91 Å². The van der Waals surface area contributed by atoms with Crippen LogP contribution < -0.4 is 11.1 Å². The van der Waals surface area contributed by atoms with E-state index in [0.29, 0.717) is 0 Å². The summed E-state index contributed by atoms with van der Waals surface area (Å²) in [5, 5.41) is 2.70. The van der Waals surface area contributed by atoms with Gasteiger partial charge in [-0.1, -0.05) is 12.1 Å². The molecule has 0 saturated heterocycles. The molecule has 1 rings (SSSR count). The highest BCUT2D eigenvalue weighted by atomic mass is 79.9. The zero-order valence-electron chi connectivity index (χ0n) is 7.25. The first-order valence-corrected chi connectivity index (χ1v) is 4.71. The summed E-state index contributed by atoms with van der Waals surface area (Å²) in [6, 6.07) is 6.90. The van der Waals surface area contributed by atoms with Gasteiger partial charge in [-0.05, 0) is 35.0 Å². The number of nitrogens with two attached hydrogens (primary N) is 1. The lowest BCUT2D eigenvalue weighted by atomic mass is 10.3. The van der Waals surface area contributed by atoms with Gasteiger partial charge in [-0.3, -0.25) is 4.79 Å². The zero-order chi connectivity index (χ0) is 9.84. The van der Waals surface area contributed by atoms with Gasteiger partial charge in [0.05, 0.1) is 11.7 Å². The predicted molar refractivity (Wildman–Crippen MR) is 56.4 cm³/mol. The number of hydrogen-bond donors (Lipinski definition) is 2. The molecule has 0 bridgehead atoms. The fraction of sp³-hybridized carbons (Fsp3) is 0.222. The van der Waals surface area contributed by atoms with Gasteiger partial charge < -0.3 is 11.1 Å². The molecule has 0 aromatic heterocycles. The van der Waals surface area contributed by atoms with Gasteiger partial charge in [-0.2, -0.15) is 0 Å². The number of nitrogens with one attached hydrogen (secondary N) is 1. The molecule has 3 nitrogen and oxygen atoms in total. The number of benzene rings is 1. The van der Waals surface area contributed by atoms with Gasteiger partial charge in [0.15, 0.2) is 0 Å². The van der Waals surface area contributed by atoms with Gasteiger partial charge in [0, 0.05) is 4.47 Å². The fourth-order valence-corrected chi connectivity index (χ4v) is 1.19. The predicted octanol–water partition coefficient (Wildman–Crippen LogP) is 1.73. The third-order valence-corrected chi connectivity index (χ3v) is 2.24. The Morgan fingerprint density at radius 3 is 2.69 bits per heavy atom. The van der Waals surface area contributed by atoms with Crippen LogP contribution in [-0.2, 0) is 4.79 Å². The third-order valence-electron chi connectivity index (χ3n) is 1.55. The largest absolute Gasteiger partial charge is 0.324 e. The van der Waals surface area contributed by atoms with E-state index in [1.165, 1.54) is 0 Å². The molecule has 0 aliphatic heterocycles. The van der Waals surface area contributed by atoms with Crippen LogP contribution in [0.15, 0.2) is 28.7 Å². The number of carbonyl (C=O) groups is 1. The maximum absolute atomic E-state index is 11.2. The molecule has 4 heteroatoms. The first kappa shape index (κ1) is 10.2. The molecular weight excluding hydrogens is 232 g/mol. The van der Waals surface area contributed by atoms with Crippen molar-refractivity contribution in [2.75, 3.05) is 5.32 Å². The number of rotatable bonds is 2. The number of halogens is 1. The monoisotopic (exact) mass is 242 g/mol. The molecule has 0 aliphatic carbocycles. The quantitative estimate of drug-likeness (QED) is 0.831. The van der Waals surface area contributed by atoms with Crippen LogP contribution >= 0.6 is 15.9 Å². The number of hydrogen-bond acceptors (Lipinski definition) is 2. The Morgan fingerprint density at radius 1 is 1.54 bits per heavy atom. The second-order valence-corrected chi connectivity index (χ2v) is 3.61. The molecule has 0 aliphatic rings. The van der Waals surface area contributed by atoms with Crippen molar-refractivity contribution in [3.63, 3.8) is 0 Å². The van der Waals surface area contributed by atoms with E-state index in [2.05, 4.69) is 21.2 Å². The van der Waals surface area contributed by atoms with Crippen molar-refractivity contribution in [1.82, 2.24) is 0 Å². The molecule has 0 saturated carbocycles. The van der Waals surface area contributed by atoms with E-state index in [1.54, 1.807) is 6.92 Å². The molecule has 70 valence electrons. The maximum Gasteiger partial charge on any atom is 0.241 e. The van der Waals surface area contributed by atoms with Gasteiger partial charge in [-0.25, -0.2) is 0 Å². The first-order valence-electron chi connectivity index (χ1n) is 3.92. The van der Waals surface area contributed by atoms with Crippen molar-refractivity contribution in [1.29, 1.82) is 0 Å². The minimum Gasteiger partial charge on any atom is -0.324 e. The van der Waals surface area contributed by atoms with Crippen LogP contribution in [0.1, 0.15) is 6.92 Å². The van der Waals surface area contributed by atoms with E-state index in [4.69, 9.17) is 5.73 Å². The van der Waals surface area contributed by atoms with Gasteiger partial charge in [0.25, 0.3) is 0 Å². The molecule has 1 atom stereocenters. The molecule has 3 N–H and O–H groups in total. The summed E-state index contributed by atoms with van der Waals surface area (Å²) in [4.78, 5) is 11.2. The lowest BCUT2D eigenvalue weighted by Gasteiger charge is -2.08. The second-order valence-electron chi connectivity index (χ2n) is 2.76. The molecule has 0 spiro atoms. The van der Waals surface area contributed by atoms with Gasteiger partial charge in [-0.15, -0.1) is 0 Å². The lowest BCUT2D eigenvalue weighted by molar-refractivity contribution is -0.117. The maximum atomic E-state index is 11.2. The van der Waals surface area contributed by atoms with Crippen molar-refractivity contribution in [3.05, 3.63) is 28.7 Å². The van der Waals surface area contributed by atoms with Crippen LogP contribution in [0.3, 0.4) is 0 Å². The SMILES string of the molecule is CC(N)C(=O)Nc1ccccc1Br. The van der Waals surface area contributed by atoms with Crippen LogP contribution in [0.5, 0.6) is 0 Å². The number of amides is 1. The van der Waals surface area contributed by atoms with E-state index in [1.807, 2.05) is 24.3 Å². The third kappa shape index (κ3) is 2.82. The summed E-state index contributed by atoms with van der Waals surface area (Å²) in [7, 11) is 0. The van der Waals surface area contributed by atoms with Crippen LogP contribution in [-0.4, -0.2) is 11.9 Å². The van der Waals surface area contributed by atoms with E-state index in [9.17, 15) is 4.79 Å². The number of para-hydroxylation sites is 1. The molecule has 1 amide bonds. The number of anilines is 1. The average Bonchev–Trinajstić information content (AvgIpc) is 2.08. The van der Waals surface area contributed by atoms with Crippen molar-refractivity contribution in [3.8, 4) is 0 Å². The highest BCUT2D eigenvalue weighted by molar-refractivity contribution is 9.10. The van der Waals surface area contributed by atoms with Crippen molar-refractivity contribution in [2.45, 2.75) is 13.0 Å². The lowest BCUT2D eigenvalue weighted by Crippen LogP contribution is -2.32. The van der Waals surface area contributed by atoms with E-state index >= 15 is 0 Å². The van der Waals surface area contributed by atoms with Crippen LogP contribution in [0.2, 0.25) is 0 Å². The fourth-order valence-electron chi connectivity index (χ4n) is 0.809. The Balaban J connectivity index is 2.75. The molecular formula is C9H11BrN2O. The normalized spacial score (nSPS) is 12.2. The standard InChI is InChI=1S/C9H11BrN2O/c1-6(11)9(13)12-8-5-3-2-4-7(8)10/h2-6H,11H2,1H3,(H,12,13). The Kier molecular flexibility index (Phi) is 3.45. The molecule has 13 heavy (non-hydrogen) atoms. The van der Waals surface area contributed by atoms with Crippen molar-refractivity contribution >= 4 is 27.5 Å². The molecule has 1 unspecified atom stereocenters. The smallest absolute Gasteiger partial charge is 0.241 e. The van der Waals surface area contributed by atoms with Gasteiger partial charge in [0.2, 0.25) is 5.91 Å². The molecule has 0 radical (unpaired) electrons. The Hall–Kier alpha value is -0.870. The molecule has 0 heterocycles. The summed E-state index contributed by atoms with van der Waals surface area (Å²) in [5.41, 5.74) is 6.15. The van der Waals surface area contributed by atoms with Crippen LogP contribution in [0.4, 0.5) is 5.69 Å².